The van der Waals surface area contributed by atoms with Crippen LogP contribution < -0.4 is 10.6 Å². The molecule has 12 heteroatoms. The molecule has 284 valence electrons. The molecule has 2 heterocycles. The number of anilines is 1. The average Bonchev–Trinajstić information content (AvgIpc) is 3.74. The van der Waals surface area contributed by atoms with Gasteiger partial charge in [0.05, 0.1) is 23.1 Å². The van der Waals surface area contributed by atoms with Crippen molar-refractivity contribution in [2.24, 2.45) is 5.41 Å². The number of nitriles is 1. The largest absolute Gasteiger partial charge is 0.465 e. The highest BCUT2D eigenvalue weighted by Crippen LogP contribution is 2.36. The summed E-state index contributed by atoms with van der Waals surface area (Å²) in [4.78, 5) is 48.6. The van der Waals surface area contributed by atoms with Gasteiger partial charge >= 0.3 is 6.09 Å². The van der Waals surface area contributed by atoms with Crippen LogP contribution in [0.5, 0.6) is 0 Å². The first-order chi connectivity index (χ1) is 25.5. The van der Waals surface area contributed by atoms with Crippen LogP contribution in [0.1, 0.15) is 81.9 Å². The smallest absolute Gasteiger partial charge is 0.408 e. The summed E-state index contributed by atoms with van der Waals surface area (Å²) in [5.74, 6) is -0.441. The molecule has 5 rings (SSSR count). The fraction of sp³-hybridized carbons (Fsp3) is 0.405. The predicted molar refractivity (Wildman–Crippen MR) is 212 cm³/mol. The molecule has 1 aliphatic heterocycles. The number of likely N-dealkylation sites (tertiary alicyclic amines) is 1. The monoisotopic (exact) mass is 751 g/mol. The van der Waals surface area contributed by atoms with E-state index >= 15 is 0 Å². The zero-order chi connectivity index (χ0) is 39.4. The van der Waals surface area contributed by atoms with Crippen molar-refractivity contribution in [3.05, 3.63) is 106 Å². The Labute approximate surface area is 322 Å². The Morgan fingerprint density at radius 3 is 2.37 bits per heavy atom. The number of carbonyl (C=O) groups is 3. The molecule has 3 unspecified atom stereocenters. The molecular weight excluding hydrogens is 702 g/mol. The number of nitrogens with zero attached hydrogens (tertiary/aromatic N) is 5. The number of carboxylic acid groups (broad SMARTS) is 1. The quantitative estimate of drug-likeness (QED) is 0.0981. The molecule has 1 saturated heterocycles. The number of rotatable bonds is 12. The summed E-state index contributed by atoms with van der Waals surface area (Å²) < 4.78 is 1.90. The van der Waals surface area contributed by atoms with E-state index < -0.39 is 17.7 Å². The number of hydrogen-bond donors (Lipinski definition) is 3. The van der Waals surface area contributed by atoms with E-state index in [2.05, 4.69) is 16.7 Å². The predicted octanol–water partition coefficient (Wildman–Crippen LogP) is 8.08. The van der Waals surface area contributed by atoms with E-state index in [1.54, 1.807) is 42.3 Å². The second-order valence-corrected chi connectivity index (χ2v) is 16.1. The molecule has 3 N–H and O–H groups in total. The molecule has 0 bridgehead atoms. The van der Waals surface area contributed by atoms with Crippen molar-refractivity contribution < 1.29 is 19.5 Å². The summed E-state index contributed by atoms with van der Waals surface area (Å²) in [5, 5.41) is 27.2. The summed E-state index contributed by atoms with van der Waals surface area (Å²) in [6.45, 7) is 12.6. The summed E-state index contributed by atoms with van der Waals surface area (Å²) in [5.41, 5.74) is 2.58. The van der Waals surface area contributed by atoms with Gasteiger partial charge in [0.1, 0.15) is 11.6 Å². The number of nitrogens with one attached hydrogen (secondary N) is 2. The molecule has 1 aliphatic rings. The minimum Gasteiger partial charge on any atom is -0.465 e. The van der Waals surface area contributed by atoms with E-state index in [9.17, 15) is 24.8 Å². The lowest BCUT2D eigenvalue weighted by atomic mass is 9.84. The van der Waals surface area contributed by atoms with Crippen LogP contribution in [0.25, 0.3) is 11.0 Å². The van der Waals surface area contributed by atoms with Crippen LogP contribution in [0.4, 0.5) is 10.7 Å². The third kappa shape index (κ3) is 9.12. The van der Waals surface area contributed by atoms with Gasteiger partial charge in [0.15, 0.2) is 0 Å². The van der Waals surface area contributed by atoms with Crippen LogP contribution in [0.3, 0.4) is 0 Å². The molecule has 54 heavy (non-hydrogen) atoms. The third-order valence-corrected chi connectivity index (χ3v) is 10.8. The van der Waals surface area contributed by atoms with Crippen LogP contribution in [-0.2, 0) is 17.8 Å². The van der Waals surface area contributed by atoms with Gasteiger partial charge < -0.3 is 19.9 Å². The Morgan fingerprint density at radius 1 is 1.07 bits per heavy atom. The highest BCUT2D eigenvalue weighted by atomic mass is 35.5. The van der Waals surface area contributed by atoms with Crippen molar-refractivity contribution in [1.82, 2.24) is 24.7 Å². The van der Waals surface area contributed by atoms with Gasteiger partial charge in [0, 0.05) is 35.3 Å². The van der Waals surface area contributed by atoms with Gasteiger partial charge in [-0.1, -0.05) is 68.8 Å². The Hall–Kier alpha value is -5.18. The van der Waals surface area contributed by atoms with Crippen LogP contribution in [0, 0.1) is 16.7 Å². The van der Waals surface area contributed by atoms with Gasteiger partial charge in [-0.05, 0) is 106 Å². The molecule has 11 nitrogen and oxygen atoms in total. The second-order valence-electron chi connectivity index (χ2n) is 15.6. The van der Waals surface area contributed by atoms with Gasteiger partial charge in [0.25, 0.3) is 11.8 Å². The fourth-order valence-electron chi connectivity index (χ4n) is 6.84. The van der Waals surface area contributed by atoms with Crippen LogP contribution >= 0.6 is 11.6 Å². The van der Waals surface area contributed by atoms with Crippen molar-refractivity contribution in [3.8, 4) is 6.07 Å². The highest BCUT2D eigenvalue weighted by molar-refractivity contribution is 6.30. The third-order valence-electron chi connectivity index (χ3n) is 10.5. The number of imidazole rings is 1. The normalized spacial score (nSPS) is 16.2. The van der Waals surface area contributed by atoms with Gasteiger partial charge in [-0.15, -0.1) is 0 Å². The van der Waals surface area contributed by atoms with E-state index in [0.29, 0.717) is 47.6 Å². The Bertz CT molecular complexity index is 2060. The lowest BCUT2D eigenvalue weighted by Crippen LogP contribution is -2.47. The zero-order valence-electron chi connectivity index (χ0n) is 32.1. The first-order valence-corrected chi connectivity index (χ1v) is 18.7. The molecule has 0 aliphatic carbocycles. The number of aromatic nitrogens is 2. The molecule has 0 radical (unpaired) electrons. The van der Waals surface area contributed by atoms with Gasteiger partial charge in [0.2, 0.25) is 5.95 Å². The highest BCUT2D eigenvalue weighted by Gasteiger charge is 2.37. The van der Waals surface area contributed by atoms with E-state index in [0.717, 1.165) is 17.5 Å². The molecule has 3 atom stereocenters. The first kappa shape index (κ1) is 40.0. The molecule has 3 aromatic carbocycles. The van der Waals surface area contributed by atoms with Gasteiger partial charge in [-0.2, -0.15) is 5.26 Å². The SMILES string of the molecule is CNC(C)(C)C=C(C#N)C(=O)N1CCCC1Cn1c(NC(=O)c2ccc(Cl)cc2)nc2cc(C(Cc3ccccc3)N(C(=O)O)C(C)C(C)(C)C)ccc21. The van der Waals surface area contributed by atoms with Crippen molar-refractivity contribution >= 4 is 46.5 Å². The molecule has 1 aromatic heterocycles. The summed E-state index contributed by atoms with van der Waals surface area (Å²) in [6.07, 6.45) is 2.53. The standard InChI is InChI=1S/C42H50ClN7O4/c1-27(41(2,3)4)50(40(53)54)36(22-28-12-9-8-10-13-28)30-17-20-35-34(23-30)46-39(47-37(51)29-15-18-32(43)19-16-29)49(35)26-33-14-11-21-48(33)38(52)31(25-44)24-42(5,6)45-7/h8-10,12-13,15-20,23-24,27,33,36,45H,11,14,21-22,26H2,1-7H3,(H,53,54)(H,46,47,51). The minimum absolute atomic E-state index is 0.0644. The zero-order valence-corrected chi connectivity index (χ0v) is 32.8. The average molecular weight is 752 g/mol. The Balaban J connectivity index is 1.60. The van der Waals surface area contributed by atoms with Crippen LogP contribution in [0.2, 0.25) is 5.02 Å². The summed E-state index contributed by atoms with van der Waals surface area (Å²) in [6, 6.07) is 23.0. The van der Waals surface area contributed by atoms with Crippen molar-refractivity contribution in [2.75, 3.05) is 18.9 Å². The lowest BCUT2D eigenvalue weighted by molar-refractivity contribution is -0.127. The van der Waals surface area contributed by atoms with E-state index in [4.69, 9.17) is 16.6 Å². The summed E-state index contributed by atoms with van der Waals surface area (Å²) in [7, 11) is 1.78. The molecule has 3 amide bonds. The van der Waals surface area contributed by atoms with E-state index in [1.807, 2.05) is 94.6 Å². The Kier molecular flexibility index (Phi) is 12.2. The van der Waals surface area contributed by atoms with Gasteiger partial charge in [-0.3, -0.25) is 19.8 Å². The Morgan fingerprint density at radius 2 is 1.76 bits per heavy atom. The molecule has 1 fully saturated rings. The van der Waals surface area contributed by atoms with Crippen LogP contribution in [0.15, 0.2) is 84.4 Å². The number of halogens is 1. The molecular formula is C42H50ClN7O4. The number of carbonyl (C=O) groups excluding carboxylic acids is 2. The number of amides is 3. The number of benzene rings is 3. The first-order valence-electron chi connectivity index (χ1n) is 18.3. The van der Waals surface area contributed by atoms with Crippen molar-refractivity contribution in [1.29, 1.82) is 5.26 Å². The second kappa shape index (κ2) is 16.5. The van der Waals surface area contributed by atoms with Crippen molar-refractivity contribution in [3.63, 3.8) is 0 Å². The van der Waals surface area contributed by atoms with E-state index in [1.165, 1.54) is 4.90 Å². The topological polar surface area (TPSA) is 144 Å². The number of fused-ring (bicyclic) bond motifs is 1. The number of likely N-dealkylation sites (N-methyl/N-ethyl adjacent to an activating group) is 1. The van der Waals surface area contributed by atoms with Gasteiger partial charge in [-0.25, -0.2) is 9.78 Å². The fourth-order valence-corrected chi connectivity index (χ4v) is 6.97. The maximum absolute atomic E-state index is 13.8. The lowest BCUT2D eigenvalue weighted by Gasteiger charge is -2.41. The van der Waals surface area contributed by atoms with Crippen molar-refractivity contribution in [2.45, 2.75) is 91.0 Å². The molecule has 0 spiro atoms. The maximum atomic E-state index is 13.8. The van der Waals surface area contributed by atoms with E-state index in [-0.39, 0.29) is 40.8 Å². The molecule has 4 aromatic rings. The molecule has 0 saturated carbocycles. The van der Waals surface area contributed by atoms with Crippen LogP contribution in [-0.4, -0.2) is 73.6 Å². The maximum Gasteiger partial charge on any atom is 0.408 e. The summed E-state index contributed by atoms with van der Waals surface area (Å²) >= 11 is 6.10. The minimum atomic E-state index is -1.02. The number of hydrogen-bond acceptors (Lipinski definition) is 6.